The van der Waals surface area contributed by atoms with Crippen molar-refractivity contribution in [3.05, 3.63) is 11.9 Å². The van der Waals surface area contributed by atoms with E-state index in [1.54, 1.807) is 11.6 Å². The molecule has 0 radical (unpaired) electrons. The van der Waals surface area contributed by atoms with Gasteiger partial charge in [-0.2, -0.15) is 0 Å². The topological polar surface area (TPSA) is 117 Å². The molecule has 11 nitrogen and oxygen atoms in total. The van der Waals surface area contributed by atoms with E-state index in [-0.39, 0.29) is 0 Å². The second-order valence-electron chi connectivity index (χ2n) is 7.54. The molecule has 1 aromatic heterocycles. The van der Waals surface area contributed by atoms with Gasteiger partial charge in [0.25, 0.3) is 5.91 Å². The van der Waals surface area contributed by atoms with Crippen molar-refractivity contribution < 1.29 is 23.7 Å². The number of morpholine rings is 1. The van der Waals surface area contributed by atoms with Gasteiger partial charge < -0.3 is 10.5 Å². The fourth-order valence-corrected chi connectivity index (χ4v) is 4.09. The number of carbonyl (C=O) groups is 3. The summed E-state index contributed by atoms with van der Waals surface area (Å²) in [6, 6.07) is -1.35. The van der Waals surface area contributed by atoms with Crippen molar-refractivity contribution >= 4 is 29.6 Å². The van der Waals surface area contributed by atoms with Crippen molar-refractivity contribution in [1.82, 2.24) is 19.3 Å². The van der Waals surface area contributed by atoms with Gasteiger partial charge in [-0.15, -0.1) is 0 Å². The predicted octanol–water partition coefficient (Wildman–Crippen LogP) is -1.23. The molecule has 1 aromatic rings. The first kappa shape index (κ1) is 19.5. The highest BCUT2D eigenvalue weighted by atomic mass is 16.5. The first-order valence-electron chi connectivity index (χ1n) is 9.76. The number of aryl methyl sites for hydroxylation is 1. The Balaban J connectivity index is 1.55. The van der Waals surface area contributed by atoms with Gasteiger partial charge in [-0.3, -0.25) is 24.3 Å². The van der Waals surface area contributed by atoms with E-state index in [0.717, 1.165) is 56.4 Å². The van der Waals surface area contributed by atoms with Crippen LogP contribution in [-0.4, -0.2) is 89.4 Å². The van der Waals surface area contributed by atoms with E-state index < -0.39 is 30.4 Å². The van der Waals surface area contributed by atoms with E-state index in [9.17, 15) is 14.4 Å². The van der Waals surface area contributed by atoms with Crippen LogP contribution in [0, 0.1) is 6.92 Å². The highest BCUT2D eigenvalue weighted by Crippen LogP contribution is 2.29. The van der Waals surface area contributed by atoms with Crippen LogP contribution in [0.2, 0.25) is 0 Å². The van der Waals surface area contributed by atoms with Crippen molar-refractivity contribution in [2.24, 2.45) is 10.7 Å². The SMILES string of the molecule is Cc1c[n+]2c(n1CCCN1CCOCC1)N=C1C2C(=O)N(CC(N)=O)C(=O)N1C. The molecule has 1 atom stereocenters. The molecule has 0 aromatic carbocycles. The predicted molar refractivity (Wildman–Crippen MR) is 101 cm³/mol. The largest absolute Gasteiger partial charge is 0.401 e. The zero-order chi connectivity index (χ0) is 20.7. The third-order valence-electron chi connectivity index (χ3n) is 5.60. The summed E-state index contributed by atoms with van der Waals surface area (Å²) in [6.45, 7) is 6.67. The Labute approximate surface area is 168 Å². The Bertz CT molecular complexity index is 887. The molecule has 0 spiro atoms. The maximum absolute atomic E-state index is 12.9. The maximum Gasteiger partial charge on any atom is 0.401 e. The number of primary amides is 1. The molecular weight excluding hydrogens is 378 g/mol. The Hall–Kier alpha value is -2.79. The van der Waals surface area contributed by atoms with Gasteiger partial charge in [0.15, 0.2) is 0 Å². The Morgan fingerprint density at radius 1 is 1.31 bits per heavy atom. The number of ether oxygens (including phenoxy) is 1. The fourth-order valence-electron chi connectivity index (χ4n) is 4.09. The number of hydrogen-bond acceptors (Lipinski definition) is 6. The number of amidine groups is 1. The molecule has 2 saturated heterocycles. The third-order valence-corrected chi connectivity index (χ3v) is 5.60. The number of aliphatic imine (C=N–C) groups is 1. The molecule has 29 heavy (non-hydrogen) atoms. The van der Waals surface area contributed by atoms with Gasteiger partial charge >= 0.3 is 12.0 Å². The van der Waals surface area contributed by atoms with Gasteiger partial charge in [0.05, 0.1) is 19.8 Å². The molecule has 1 unspecified atom stereocenters. The average Bonchev–Trinajstić information content (AvgIpc) is 3.20. The van der Waals surface area contributed by atoms with Gasteiger partial charge in [0, 0.05) is 26.7 Å². The van der Waals surface area contributed by atoms with Crippen LogP contribution < -0.4 is 10.3 Å². The van der Waals surface area contributed by atoms with Crippen molar-refractivity contribution in [1.29, 1.82) is 0 Å². The van der Waals surface area contributed by atoms with Crippen LogP contribution in [0.4, 0.5) is 10.7 Å². The number of rotatable bonds is 6. The van der Waals surface area contributed by atoms with Crippen LogP contribution in [0.1, 0.15) is 18.2 Å². The summed E-state index contributed by atoms with van der Waals surface area (Å²) in [5.41, 5.74) is 6.20. The number of imidazole rings is 1. The third kappa shape index (κ3) is 3.40. The number of urea groups is 1. The summed E-state index contributed by atoms with van der Waals surface area (Å²) in [5.74, 6) is -0.212. The Kier molecular flexibility index (Phi) is 5.09. The van der Waals surface area contributed by atoms with E-state index in [1.165, 1.54) is 4.90 Å². The number of carbonyl (C=O) groups excluding carboxylic acids is 3. The van der Waals surface area contributed by atoms with Gasteiger partial charge in [-0.1, -0.05) is 4.99 Å². The Morgan fingerprint density at radius 2 is 2.03 bits per heavy atom. The molecule has 0 saturated carbocycles. The number of hydrogen-bond donors (Lipinski definition) is 1. The van der Waals surface area contributed by atoms with Crippen LogP contribution >= 0.6 is 0 Å². The molecule has 4 heterocycles. The molecular formula is C18H26N7O4+. The smallest absolute Gasteiger partial charge is 0.379 e. The second-order valence-corrected chi connectivity index (χ2v) is 7.54. The highest BCUT2D eigenvalue weighted by molar-refractivity contribution is 6.19. The standard InChI is InChI=1S/C18H25N7O4/c1-12-10-24-14-15(21(2)18(28)25(16(14)27)11-13(19)26)20-17(24)23(12)5-3-4-22-6-8-29-9-7-22/h10,14H,3-9,11H2,1-2H3,(H-,19,26)/p+1. The fraction of sp³-hybridized carbons (Fsp3) is 0.611. The first-order chi connectivity index (χ1) is 13.9. The van der Waals surface area contributed by atoms with Gasteiger partial charge in [-0.25, -0.2) is 13.9 Å². The van der Waals surface area contributed by atoms with Crippen LogP contribution in [0.3, 0.4) is 0 Å². The number of likely N-dealkylation sites (N-methyl/N-ethyl adjacent to an activating group) is 1. The van der Waals surface area contributed by atoms with Crippen molar-refractivity contribution in [3.8, 4) is 0 Å². The lowest BCUT2D eigenvalue weighted by Crippen LogP contribution is -2.63. The summed E-state index contributed by atoms with van der Waals surface area (Å²) in [7, 11) is 1.55. The van der Waals surface area contributed by atoms with E-state index in [4.69, 9.17) is 10.5 Å². The molecule has 156 valence electrons. The van der Waals surface area contributed by atoms with E-state index in [0.29, 0.717) is 11.8 Å². The van der Waals surface area contributed by atoms with Crippen molar-refractivity contribution in [2.45, 2.75) is 25.9 Å². The average molecular weight is 404 g/mol. The number of fused-ring (bicyclic) bond motifs is 3. The maximum atomic E-state index is 12.9. The summed E-state index contributed by atoms with van der Waals surface area (Å²) in [5, 5.41) is 0. The monoisotopic (exact) mass is 404 g/mol. The molecule has 0 aliphatic carbocycles. The minimum atomic E-state index is -0.758. The van der Waals surface area contributed by atoms with Gasteiger partial charge in [0.1, 0.15) is 18.4 Å². The van der Waals surface area contributed by atoms with Crippen molar-refractivity contribution in [2.75, 3.05) is 46.4 Å². The van der Waals surface area contributed by atoms with E-state index >= 15 is 0 Å². The molecule has 4 amide bonds. The second kappa shape index (κ2) is 7.56. The molecule has 11 heteroatoms. The van der Waals surface area contributed by atoms with Crippen LogP contribution in [0.5, 0.6) is 0 Å². The van der Waals surface area contributed by atoms with Crippen LogP contribution in [0.25, 0.3) is 0 Å². The summed E-state index contributed by atoms with van der Waals surface area (Å²) >= 11 is 0. The molecule has 0 bridgehead atoms. The Morgan fingerprint density at radius 3 is 2.72 bits per heavy atom. The summed E-state index contributed by atoms with van der Waals surface area (Å²) < 4.78 is 9.22. The lowest BCUT2D eigenvalue weighted by Gasteiger charge is -2.32. The zero-order valence-electron chi connectivity index (χ0n) is 16.7. The summed E-state index contributed by atoms with van der Waals surface area (Å²) in [6.07, 6.45) is 2.81. The molecule has 2 fully saturated rings. The van der Waals surface area contributed by atoms with Crippen molar-refractivity contribution in [3.63, 3.8) is 0 Å². The lowest BCUT2D eigenvalue weighted by atomic mass is 10.1. The van der Waals surface area contributed by atoms with E-state index in [1.807, 2.05) is 13.1 Å². The number of nitrogens with two attached hydrogens (primary N) is 1. The lowest BCUT2D eigenvalue weighted by molar-refractivity contribution is -0.677. The quantitative estimate of drug-likeness (QED) is 0.596. The van der Waals surface area contributed by atoms with Crippen LogP contribution in [-0.2, 0) is 20.9 Å². The summed E-state index contributed by atoms with van der Waals surface area (Å²) in [4.78, 5) is 45.9. The number of imide groups is 1. The number of aromatic nitrogens is 2. The molecule has 3 aliphatic rings. The molecule has 4 rings (SSSR count). The normalized spacial score (nSPS) is 22.0. The van der Waals surface area contributed by atoms with Gasteiger partial charge in [0.2, 0.25) is 17.8 Å². The van der Waals surface area contributed by atoms with E-state index in [2.05, 4.69) is 14.5 Å². The number of nitrogens with zero attached hydrogens (tertiary/aromatic N) is 6. The van der Waals surface area contributed by atoms with Gasteiger partial charge in [-0.05, 0) is 13.3 Å². The molecule has 2 N–H and O–H groups in total. The highest BCUT2D eigenvalue weighted by Gasteiger charge is 2.53. The van der Waals surface area contributed by atoms with Crippen LogP contribution in [0.15, 0.2) is 11.2 Å². The first-order valence-corrected chi connectivity index (χ1v) is 9.76. The minimum absolute atomic E-state index is 0.373. The minimum Gasteiger partial charge on any atom is -0.379 e. The number of amides is 4. The molecule has 3 aliphatic heterocycles. The zero-order valence-corrected chi connectivity index (χ0v) is 16.7.